The fourth-order valence-electron chi connectivity index (χ4n) is 2.72. The number of phenols is 1. The van der Waals surface area contributed by atoms with Gasteiger partial charge in [0.05, 0.1) is 6.20 Å². The Morgan fingerprint density at radius 3 is 2.38 bits per heavy atom. The fourth-order valence-corrected chi connectivity index (χ4v) is 2.72. The molecule has 29 heavy (non-hydrogen) atoms. The highest BCUT2D eigenvalue weighted by atomic mass is 16.5. The average molecular weight is 395 g/mol. The zero-order valence-electron chi connectivity index (χ0n) is 16.7. The molecule has 152 valence electrons. The minimum Gasteiger partial charge on any atom is -0.508 e. The first kappa shape index (κ1) is 21.8. The Balaban J connectivity index is 2.34. The molecule has 3 N–H and O–H groups in total. The Labute approximate surface area is 169 Å². The lowest BCUT2D eigenvalue weighted by atomic mass is 10.0. The number of aromatic hydroxyl groups is 2. The van der Waals surface area contributed by atoms with E-state index < -0.39 is 22.7 Å². The molecule has 0 unspecified atom stereocenters. The third kappa shape index (κ3) is 5.48. The molecule has 1 aromatic heterocycles. The molecule has 2 aromatic rings. The number of benzene rings is 1. The van der Waals surface area contributed by atoms with Gasteiger partial charge in [-0.05, 0) is 36.6 Å². The molecule has 0 saturated heterocycles. The van der Waals surface area contributed by atoms with Crippen molar-refractivity contribution in [3.8, 4) is 22.6 Å². The molecule has 0 fully saturated rings. The molecule has 1 aromatic carbocycles. The minimum atomic E-state index is -1.02. The van der Waals surface area contributed by atoms with Crippen molar-refractivity contribution in [3.63, 3.8) is 0 Å². The van der Waals surface area contributed by atoms with Crippen LogP contribution in [-0.4, -0.2) is 25.9 Å². The van der Waals surface area contributed by atoms with Crippen LogP contribution >= 0.6 is 0 Å². The third-order valence-corrected chi connectivity index (χ3v) is 4.50. The van der Waals surface area contributed by atoms with E-state index in [4.69, 9.17) is 0 Å². The standard InChI is InChI=1S/C23H25NO5/c1-4-15(2)13-16(3)7-5-6-8-20(26)21-22(27)19(14-24(29)23(21)28)17-9-11-18(25)12-10-17/h5-15,25,27,29H,4H2,1-3H3/b7-5+,8-6+,16-13+/t15-/m0/s1. The first-order valence-electron chi connectivity index (χ1n) is 9.29. The summed E-state index contributed by atoms with van der Waals surface area (Å²) in [6.07, 6.45) is 10.3. The van der Waals surface area contributed by atoms with Crippen molar-refractivity contribution in [2.45, 2.75) is 27.2 Å². The summed E-state index contributed by atoms with van der Waals surface area (Å²) < 4.78 is 0.262. The number of hydrogen-bond acceptors (Lipinski definition) is 5. The van der Waals surface area contributed by atoms with Crippen molar-refractivity contribution in [1.82, 2.24) is 4.73 Å². The van der Waals surface area contributed by atoms with Gasteiger partial charge in [0, 0.05) is 5.56 Å². The maximum Gasteiger partial charge on any atom is 0.297 e. The molecule has 6 heteroatoms. The quantitative estimate of drug-likeness (QED) is 0.278. The van der Waals surface area contributed by atoms with Crippen molar-refractivity contribution in [2.75, 3.05) is 0 Å². The summed E-state index contributed by atoms with van der Waals surface area (Å²) in [5.74, 6) is -0.788. The predicted octanol–water partition coefficient (Wildman–Crippen LogP) is 4.45. The summed E-state index contributed by atoms with van der Waals surface area (Å²) in [5.41, 5.74) is 0.0102. The lowest BCUT2D eigenvalue weighted by Crippen LogP contribution is -2.24. The Kier molecular flexibility index (Phi) is 7.20. The summed E-state index contributed by atoms with van der Waals surface area (Å²) in [4.78, 5) is 24.7. The van der Waals surface area contributed by atoms with Crippen molar-refractivity contribution < 1.29 is 20.2 Å². The first-order valence-corrected chi connectivity index (χ1v) is 9.29. The Morgan fingerprint density at radius 2 is 1.76 bits per heavy atom. The van der Waals surface area contributed by atoms with Gasteiger partial charge in [-0.25, -0.2) is 0 Å². The van der Waals surface area contributed by atoms with Crippen LogP contribution in [0.25, 0.3) is 11.1 Å². The Morgan fingerprint density at radius 1 is 1.14 bits per heavy atom. The maximum absolute atomic E-state index is 12.5. The highest BCUT2D eigenvalue weighted by molar-refractivity contribution is 6.07. The SMILES string of the molecule is CC[C@H](C)/C=C(C)/C=C/C=C/C(=O)c1c(O)c(-c2ccc(O)cc2)cn(O)c1=O. The number of carbonyl (C=O) groups excluding carboxylic acids is 1. The zero-order valence-corrected chi connectivity index (χ0v) is 16.7. The van der Waals surface area contributed by atoms with E-state index in [1.165, 1.54) is 30.3 Å². The minimum absolute atomic E-state index is 0.0225. The van der Waals surface area contributed by atoms with Crippen LogP contribution in [-0.2, 0) is 0 Å². The number of ketones is 1. The second-order valence-corrected chi connectivity index (χ2v) is 6.84. The normalized spacial score (nSPS) is 13.3. The van der Waals surface area contributed by atoms with Gasteiger partial charge in [-0.15, -0.1) is 0 Å². The van der Waals surface area contributed by atoms with Crippen LogP contribution in [0.3, 0.4) is 0 Å². The molecule has 1 atom stereocenters. The summed E-state index contributed by atoms with van der Waals surface area (Å²) in [6.45, 7) is 6.17. The Hall–Kier alpha value is -3.54. The lowest BCUT2D eigenvalue weighted by molar-refractivity contribution is 0.103. The van der Waals surface area contributed by atoms with Crippen LogP contribution < -0.4 is 5.56 Å². The number of rotatable bonds is 7. The topological polar surface area (TPSA) is 99.8 Å². The van der Waals surface area contributed by atoms with Crippen molar-refractivity contribution >= 4 is 5.78 Å². The molecule has 2 rings (SSSR count). The van der Waals surface area contributed by atoms with Crippen LogP contribution in [0.5, 0.6) is 11.5 Å². The van der Waals surface area contributed by atoms with Crippen LogP contribution in [0.2, 0.25) is 0 Å². The molecular weight excluding hydrogens is 370 g/mol. The van der Waals surface area contributed by atoms with Gasteiger partial charge < -0.3 is 15.4 Å². The van der Waals surface area contributed by atoms with E-state index in [0.29, 0.717) is 11.5 Å². The average Bonchev–Trinajstić information content (AvgIpc) is 2.69. The van der Waals surface area contributed by atoms with E-state index in [9.17, 15) is 25.0 Å². The summed E-state index contributed by atoms with van der Waals surface area (Å²) in [6, 6.07) is 5.77. The van der Waals surface area contributed by atoms with Gasteiger partial charge >= 0.3 is 0 Å². The number of carbonyl (C=O) groups is 1. The molecular formula is C23H25NO5. The van der Waals surface area contributed by atoms with Crippen LogP contribution in [0.4, 0.5) is 0 Å². The third-order valence-electron chi connectivity index (χ3n) is 4.50. The van der Waals surface area contributed by atoms with E-state index in [0.717, 1.165) is 24.3 Å². The van der Waals surface area contributed by atoms with E-state index in [1.807, 2.05) is 13.0 Å². The number of aromatic nitrogens is 1. The van der Waals surface area contributed by atoms with Crippen molar-refractivity contribution in [2.24, 2.45) is 5.92 Å². The smallest absolute Gasteiger partial charge is 0.297 e. The molecule has 0 aliphatic heterocycles. The molecule has 0 aliphatic carbocycles. The number of allylic oxidation sites excluding steroid dienone is 6. The number of phenolic OH excluding ortho intramolecular Hbond substituents is 1. The van der Waals surface area contributed by atoms with Gasteiger partial charge in [0.1, 0.15) is 17.1 Å². The van der Waals surface area contributed by atoms with Gasteiger partial charge in [0.15, 0.2) is 5.78 Å². The fraction of sp³-hybridized carbons (Fsp3) is 0.217. The maximum atomic E-state index is 12.5. The molecule has 0 radical (unpaired) electrons. The van der Waals surface area contributed by atoms with Gasteiger partial charge in [-0.3, -0.25) is 9.59 Å². The number of nitrogens with zero attached hydrogens (tertiary/aromatic N) is 1. The van der Waals surface area contributed by atoms with E-state index in [2.05, 4.69) is 19.9 Å². The molecule has 0 saturated carbocycles. The predicted molar refractivity (Wildman–Crippen MR) is 112 cm³/mol. The molecule has 1 heterocycles. The Bertz CT molecular complexity index is 1030. The van der Waals surface area contributed by atoms with Crippen LogP contribution in [0, 0.1) is 5.92 Å². The second-order valence-electron chi connectivity index (χ2n) is 6.84. The van der Waals surface area contributed by atoms with Gasteiger partial charge in [-0.2, -0.15) is 4.73 Å². The highest BCUT2D eigenvalue weighted by Gasteiger charge is 2.20. The molecule has 0 bridgehead atoms. The van der Waals surface area contributed by atoms with Crippen molar-refractivity contribution in [1.29, 1.82) is 0 Å². The summed E-state index contributed by atoms with van der Waals surface area (Å²) in [7, 11) is 0. The van der Waals surface area contributed by atoms with Gasteiger partial charge in [0.2, 0.25) is 0 Å². The number of hydrogen-bond donors (Lipinski definition) is 3. The monoisotopic (exact) mass is 395 g/mol. The van der Waals surface area contributed by atoms with Crippen LogP contribution in [0.1, 0.15) is 37.6 Å². The first-order chi connectivity index (χ1) is 13.7. The zero-order chi connectivity index (χ0) is 21.6. The lowest BCUT2D eigenvalue weighted by Gasteiger charge is -2.10. The van der Waals surface area contributed by atoms with E-state index in [-0.39, 0.29) is 16.0 Å². The van der Waals surface area contributed by atoms with E-state index in [1.54, 1.807) is 6.08 Å². The molecule has 0 amide bonds. The van der Waals surface area contributed by atoms with Crippen LogP contribution in [0.15, 0.2) is 71.2 Å². The highest BCUT2D eigenvalue weighted by Crippen LogP contribution is 2.31. The van der Waals surface area contributed by atoms with Crippen molar-refractivity contribution in [3.05, 3.63) is 82.3 Å². The van der Waals surface area contributed by atoms with Gasteiger partial charge in [0.25, 0.3) is 5.56 Å². The molecule has 0 aliphatic rings. The summed E-state index contributed by atoms with van der Waals surface area (Å²) >= 11 is 0. The van der Waals surface area contributed by atoms with E-state index >= 15 is 0 Å². The second kappa shape index (κ2) is 9.59. The molecule has 6 nitrogen and oxygen atoms in total. The van der Waals surface area contributed by atoms with Gasteiger partial charge in [-0.1, -0.05) is 62.3 Å². The summed E-state index contributed by atoms with van der Waals surface area (Å²) in [5, 5.41) is 29.8. The largest absolute Gasteiger partial charge is 0.508 e. The molecule has 0 spiro atoms. The number of pyridine rings is 1.